The smallest absolute Gasteiger partial charge is 0.240 e. The van der Waals surface area contributed by atoms with Crippen LogP contribution in [-0.2, 0) is 14.8 Å². The van der Waals surface area contributed by atoms with E-state index in [9.17, 15) is 18.3 Å². The van der Waals surface area contributed by atoms with Gasteiger partial charge in [-0.25, -0.2) is 13.1 Å². The first-order valence-electron chi connectivity index (χ1n) is 8.23. The number of aliphatic hydroxyl groups excluding tert-OH is 1. The molecule has 1 aromatic carbocycles. The van der Waals surface area contributed by atoms with E-state index >= 15 is 0 Å². The van der Waals surface area contributed by atoms with Gasteiger partial charge in [0.05, 0.1) is 11.0 Å². The second-order valence-corrected chi connectivity index (χ2v) is 7.97. The van der Waals surface area contributed by atoms with Gasteiger partial charge in [-0.2, -0.15) is 0 Å². The van der Waals surface area contributed by atoms with Gasteiger partial charge >= 0.3 is 0 Å². The van der Waals surface area contributed by atoms with Gasteiger partial charge in [-0.3, -0.25) is 4.79 Å². The summed E-state index contributed by atoms with van der Waals surface area (Å²) in [5.41, 5.74) is 1.72. The number of benzene rings is 1. The van der Waals surface area contributed by atoms with Crippen LogP contribution in [0.5, 0.6) is 0 Å². The molecule has 142 valence electrons. The van der Waals surface area contributed by atoms with Crippen LogP contribution in [0.15, 0.2) is 33.6 Å². The second kappa shape index (κ2) is 8.03. The molecule has 3 N–H and O–H groups in total. The number of furan rings is 1. The summed E-state index contributed by atoms with van der Waals surface area (Å²) in [5, 5.41) is 12.8. The lowest BCUT2D eigenvalue weighted by Crippen LogP contribution is -2.26. The summed E-state index contributed by atoms with van der Waals surface area (Å²) in [4.78, 5) is 11.2. The molecule has 2 rings (SSSR count). The first-order chi connectivity index (χ1) is 12.1. The number of amides is 1. The number of sulfonamides is 1. The summed E-state index contributed by atoms with van der Waals surface area (Å²) in [6.45, 7) is 6.68. The standard InChI is InChI=1S/C18H24N2O5S/c1-11-9-15(20-14(4)21)5-6-18(11)26(23,24)19-8-7-17(22)16-10-12(2)25-13(16)3/h5-6,9-10,17,19,22H,7-8H2,1-4H3,(H,20,21)/t17-/m0/s1. The van der Waals surface area contributed by atoms with Gasteiger partial charge in [0.2, 0.25) is 15.9 Å². The molecule has 1 atom stereocenters. The number of aryl methyl sites for hydroxylation is 3. The van der Waals surface area contributed by atoms with Crippen molar-refractivity contribution in [3.63, 3.8) is 0 Å². The van der Waals surface area contributed by atoms with E-state index in [0.717, 1.165) is 0 Å². The van der Waals surface area contributed by atoms with Crippen molar-refractivity contribution in [3.8, 4) is 0 Å². The molecule has 0 aliphatic carbocycles. The maximum Gasteiger partial charge on any atom is 0.240 e. The lowest BCUT2D eigenvalue weighted by atomic mass is 10.1. The van der Waals surface area contributed by atoms with Crippen LogP contribution in [0.25, 0.3) is 0 Å². The van der Waals surface area contributed by atoms with E-state index in [1.165, 1.54) is 19.1 Å². The third-order valence-electron chi connectivity index (χ3n) is 3.93. The summed E-state index contributed by atoms with van der Waals surface area (Å²) in [6.07, 6.45) is -0.583. The highest BCUT2D eigenvalue weighted by Gasteiger charge is 2.19. The Morgan fingerprint density at radius 2 is 1.92 bits per heavy atom. The molecule has 1 amide bonds. The number of hydrogen-bond acceptors (Lipinski definition) is 5. The molecule has 0 radical (unpaired) electrons. The van der Waals surface area contributed by atoms with Crippen LogP contribution in [0, 0.1) is 20.8 Å². The predicted octanol–water partition coefficient (Wildman–Crippen LogP) is 2.57. The molecule has 7 nitrogen and oxygen atoms in total. The van der Waals surface area contributed by atoms with Crippen LogP contribution >= 0.6 is 0 Å². The summed E-state index contributed by atoms with van der Waals surface area (Å²) in [6, 6.07) is 6.33. The summed E-state index contributed by atoms with van der Waals surface area (Å²) in [7, 11) is -3.72. The summed E-state index contributed by atoms with van der Waals surface area (Å²) < 4.78 is 32.8. The Balaban J connectivity index is 2.02. The van der Waals surface area contributed by atoms with Crippen molar-refractivity contribution in [2.75, 3.05) is 11.9 Å². The van der Waals surface area contributed by atoms with Gasteiger partial charge in [-0.05, 0) is 57.0 Å². The molecule has 2 aromatic rings. The quantitative estimate of drug-likeness (QED) is 0.684. The minimum Gasteiger partial charge on any atom is -0.466 e. The van der Waals surface area contributed by atoms with Crippen LogP contribution in [0.4, 0.5) is 5.69 Å². The zero-order valence-electron chi connectivity index (χ0n) is 15.3. The molecule has 0 bridgehead atoms. The van der Waals surface area contributed by atoms with E-state index in [2.05, 4.69) is 10.0 Å². The lowest BCUT2D eigenvalue weighted by molar-refractivity contribution is -0.114. The van der Waals surface area contributed by atoms with Crippen molar-refractivity contribution in [2.45, 2.75) is 45.1 Å². The minimum absolute atomic E-state index is 0.0834. The second-order valence-electron chi connectivity index (χ2n) is 6.23. The molecule has 1 aromatic heterocycles. The summed E-state index contributed by atoms with van der Waals surface area (Å²) in [5.74, 6) is 1.10. The average molecular weight is 380 g/mol. The number of carbonyl (C=O) groups excluding carboxylic acids is 1. The molecule has 0 aliphatic rings. The van der Waals surface area contributed by atoms with E-state index < -0.39 is 16.1 Å². The molecule has 0 fully saturated rings. The van der Waals surface area contributed by atoms with Gasteiger partial charge in [0.15, 0.2) is 0 Å². The first kappa shape index (κ1) is 20.2. The van der Waals surface area contributed by atoms with Crippen molar-refractivity contribution in [3.05, 3.63) is 46.9 Å². The van der Waals surface area contributed by atoms with E-state index in [0.29, 0.717) is 28.3 Å². The zero-order valence-corrected chi connectivity index (χ0v) is 16.1. The molecular weight excluding hydrogens is 356 g/mol. The Kier molecular flexibility index (Phi) is 6.22. The van der Waals surface area contributed by atoms with E-state index in [4.69, 9.17) is 4.42 Å². The first-order valence-corrected chi connectivity index (χ1v) is 9.71. The van der Waals surface area contributed by atoms with Crippen molar-refractivity contribution in [1.82, 2.24) is 4.72 Å². The molecular formula is C18H24N2O5S. The van der Waals surface area contributed by atoms with Gasteiger partial charge in [0.25, 0.3) is 0 Å². The molecule has 8 heteroatoms. The highest BCUT2D eigenvalue weighted by Crippen LogP contribution is 2.24. The number of carbonyl (C=O) groups is 1. The summed E-state index contributed by atoms with van der Waals surface area (Å²) >= 11 is 0. The van der Waals surface area contributed by atoms with Crippen LogP contribution in [-0.4, -0.2) is 26.0 Å². The molecule has 0 aliphatic heterocycles. The van der Waals surface area contributed by atoms with Crippen LogP contribution in [0.3, 0.4) is 0 Å². The Morgan fingerprint density at radius 1 is 1.23 bits per heavy atom. The maximum absolute atomic E-state index is 12.5. The maximum atomic E-state index is 12.5. The Morgan fingerprint density at radius 3 is 2.46 bits per heavy atom. The number of rotatable bonds is 7. The molecule has 26 heavy (non-hydrogen) atoms. The largest absolute Gasteiger partial charge is 0.466 e. The van der Waals surface area contributed by atoms with Crippen molar-refractivity contribution in [2.24, 2.45) is 0 Å². The lowest BCUT2D eigenvalue weighted by Gasteiger charge is -2.13. The van der Waals surface area contributed by atoms with Crippen molar-refractivity contribution >= 4 is 21.6 Å². The average Bonchev–Trinajstić information content (AvgIpc) is 2.84. The highest BCUT2D eigenvalue weighted by atomic mass is 32.2. The number of aliphatic hydroxyl groups is 1. The highest BCUT2D eigenvalue weighted by molar-refractivity contribution is 7.89. The van der Waals surface area contributed by atoms with Crippen molar-refractivity contribution < 1.29 is 22.7 Å². The SMILES string of the molecule is CC(=O)Nc1ccc(S(=O)(=O)NCC[C@H](O)c2cc(C)oc2C)c(C)c1. The van der Waals surface area contributed by atoms with Crippen LogP contribution < -0.4 is 10.0 Å². The zero-order chi connectivity index (χ0) is 19.5. The third-order valence-corrected chi connectivity index (χ3v) is 5.55. The molecule has 0 saturated carbocycles. The Hall–Kier alpha value is -2.16. The Labute approximate surface area is 153 Å². The minimum atomic E-state index is -3.72. The van der Waals surface area contributed by atoms with Gasteiger partial charge in [0, 0.05) is 24.7 Å². The van der Waals surface area contributed by atoms with E-state index in [1.54, 1.807) is 32.9 Å². The molecule has 0 unspecified atom stereocenters. The van der Waals surface area contributed by atoms with E-state index in [1.807, 2.05) is 0 Å². The molecule has 0 saturated heterocycles. The fourth-order valence-corrected chi connectivity index (χ4v) is 4.05. The topological polar surface area (TPSA) is 109 Å². The van der Waals surface area contributed by atoms with Crippen molar-refractivity contribution in [1.29, 1.82) is 0 Å². The van der Waals surface area contributed by atoms with Gasteiger partial charge < -0.3 is 14.8 Å². The predicted molar refractivity (Wildman–Crippen MR) is 98.4 cm³/mol. The van der Waals surface area contributed by atoms with Crippen LogP contribution in [0.1, 0.15) is 42.1 Å². The van der Waals surface area contributed by atoms with Gasteiger partial charge in [-0.15, -0.1) is 0 Å². The van der Waals surface area contributed by atoms with Gasteiger partial charge in [-0.1, -0.05) is 0 Å². The molecule has 0 spiro atoms. The third kappa shape index (κ3) is 4.94. The molecule has 1 heterocycles. The fraction of sp³-hybridized carbons (Fsp3) is 0.389. The van der Waals surface area contributed by atoms with Gasteiger partial charge in [0.1, 0.15) is 11.5 Å². The fourth-order valence-electron chi connectivity index (χ4n) is 2.78. The van der Waals surface area contributed by atoms with E-state index in [-0.39, 0.29) is 23.8 Å². The number of hydrogen-bond donors (Lipinski definition) is 3. The van der Waals surface area contributed by atoms with Crippen LogP contribution in [0.2, 0.25) is 0 Å². The normalized spacial score (nSPS) is 12.8. The Bertz CT molecular complexity index is 902. The monoisotopic (exact) mass is 380 g/mol. The number of anilines is 1. The number of nitrogens with one attached hydrogen (secondary N) is 2.